The van der Waals surface area contributed by atoms with Gasteiger partial charge in [-0.1, -0.05) is 12.1 Å². The molecular formula is C45H47N7O6. The fourth-order valence-corrected chi connectivity index (χ4v) is 10.1. The van der Waals surface area contributed by atoms with E-state index in [2.05, 4.69) is 67.0 Å². The van der Waals surface area contributed by atoms with E-state index in [1.54, 1.807) is 18.2 Å². The number of imide groups is 2. The lowest BCUT2D eigenvalue weighted by atomic mass is 9.57. The maximum Gasteiger partial charge on any atom is 0.262 e. The number of pyridine rings is 2. The number of benzene rings is 2. The molecular weight excluding hydrogens is 735 g/mol. The van der Waals surface area contributed by atoms with Crippen LogP contribution in [0.5, 0.6) is 11.6 Å². The third-order valence-electron chi connectivity index (χ3n) is 13.0. The first-order chi connectivity index (χ1) is 28.2. The normalized spacial score (nSPS) is 21.0. The standard InChI is InChI=1S/C45H47N7O6/c1-49-37-13-14-46-22-36(37)33-8-5-29(17-39(33)49)30-6-12-41(47-21-30)58-32-24-51(25-32)23-28-19-45(20-28)26-50(27-45)15-3-2-4-16-57-31-7-9-34-35(18-31)44(56)52(43(34)55)38-10-11-40(53)48-42(38)54/h5-9,12-14,17-18,21-22,28,32,38H,2-4,10-11,15-16,19-20,23-27H2,1H3,(H,48,53,54). The SMILES string of the molecule is Cn1c2ccncc2c2ccc(-c3ccc(OC4CN(CC5CC6(C5)CN(CCCCCOc5ccc7c(c5)C(=O)N(C5CCC(=O)NC5=O)C7=O)C6)C4)nc3)cc21. The highest BCUT2D eigenvalue weighted by atomic mass is 16.5. The maximum atomic E-state index is 13.1. The van der Waals surface area contributed by atoms with Crippen molar-refractivity contribution in [2.24, 2.45) is 18.4 Å². The average Bonchev–Trinajstić information content (AvgIpc) is 3.61. The van der Waals surface area contributed by atoms with Gasteiger partial charge in [-0.05, 0) is 98.4 Å². The van der Waals surface area contributed by atoms with Crippen molar-refractivity contribution in [2.75, 3.05) is 45.9 Å². The average molecular weight is 782 g/mol. The number of unbranched alkanes of at least 4 members (excludes halogenated alkanes) is 2. The molecule has 298 valence electrons. The van der Waals surface area contributed by atoms with Crippen LogP contribution < -0.4 is 14.8 Å². The summed E-state index contributed by atoms with van der Waals surface area (Å²) in [5.41, 5.74) is 5.58. The number of hydrogen-bond donors (Lipinski definition) is 1. The predicted octanol–water partition coefficient (Wildman–Crippen LogP) is 5.21. The molecule has 3 saturated heterocycles. The minimum absolute atomic E-state index is 0.0934. The molecule has 4 amide bonds. The number of ether oxygens (including phenoxy) is 2. The van der Waals surface area contributed by atoms with Gasteiger partial charge >= 0.3 is 0 Å². The van der Waals surface area contributed by atoms with Crippen LogP contribution in [0.4, 0.5) is 0 Å². The minimum Gasteiger partial charge on any atom is -0.494 e. The predicted molar refractivity (Wildman–Crippen MR) is 216 cm³/mol. The van der Waals surface area contributed by atoms with Crippen LogP contribution in [-0.4, -0.2) is 111 Å². The maximum absolute atomic E-state index is 13.1. The van der Waals surface area contributed by atoms with E-state index in [0.717, 1.165) is 67.4 Å². The zero-order valence-electron chi connectivity index (χ0n) is 32.7. The molecule has 1 atom stereocenters. The number of amides is 4. The van der Waals surface area contributed by atoms with Crippen molar-refractivity contribution in [2.45, 2.75) is 57.1 Å². The van der Waals surface area contributed by atoms with Crippen LogP contribution in [0, 0.1) is 11.3 Å². The Bertz CT molecular complexity index is 2440. The summed E-state index contributed by atoms with van der Waals surface area (Å²) >= 11 is 0. The molecule has 0 bridgehead atoms. The summed E-state index contributed by atoms with van der Waals surface area (Å²) in [7, 11) is 2.10. The third kappa shape index (κ3) is 6.69. The molecule has 1 aliphatic carbocycles. The second-order valence-electron chi connectivity index (χ2n) is 17.1. The number of aromatic nitrogens is 3. The Morgan fingerprint density at radius 2 is 1.66 bits per heavy atom. The van der Waals surface area contributed by atoms with Gasteiger partial charge in [-0.3, -0.25) is 39.3 Å². The highest BCUT2D eigenvalue weighted by Gasteiger charge is 2.52. The number of rotatable bonds is 13. The molecule has 13 heteroatoms. The Labute approximate surface area is 336 Å². The van der Waals surface area contributed by atoms with Crippen molar-refractivity contribution in [3.63, 3.8) is 0 Å². The van der Waals surface area contributed by atoms with E-state index < -0.39 is 29.7 Å². The second kappa shape index (κ2) is 14.6. The molecule has 58 heavy (non-hydrogen) atoms. The zero-order chi connectivity index (χ0) is 39.5. The van der Waals surface area contributed by atoms with E-state index in [9.17, 15) is 19.2 Å². The minimum atomic E-state index is -0.973. The van der Waals surface area contributed by atoms with Gasteiger partial charge in [0.05, 0.1) is 23.3 Å². The first kappa shape index (κ1) is 36.7. The molecule has 2 aromatic carbocycles. The molecule has 4 fully saturated rings. The van der Waals surface area contributed by atoms with Gasteiger partial charge in [-0.2, -0.15) is 0 Å². The molecule has 1 spiro atoms. The number of nitrogens with one attached hydrogen (secondary N) is 1. The van der Waals surface area contributed by atoms with Gasteiger partial charge in [0.1, 0.15) is 17.9 Å². The van der Waals surface area contributed by atoms with Crippen LogP contribution in [0.15, 0.2) is 73.2 Å². The highest BCUT2D eigenvalue weighted by molar-refractivity contribution is 6.23. The van der Waals surface area contributed by atoms with E-state index >= 15 is 0 Å². The van der Waals surface area contributed by atoms with Crippen LogP contribution in [-0.2, 0) is 16.6 Å². The molecule has 5 aromatic rings. The number of aryl methyl sites for hydroxylation is 1. The van der Waals surface area contributed by atoms with Crippen molar-refractivity contribution >= 4 is 45.4 Å². The summed E-state index contributed by atoms with van der Waals surface area (Å²) in [4.78, 5) is 64.9. The smallest absolute Gasteiger partial charge is 0.262 e. The summed E-state index contributed by atoms with van der Waals surface area (Å²) in [5, 5.41) is 4.60. The number of carbonyl (C=O) groups is 4. The van der Waals surface area contributed by atoms with Crippen molar-refractivity contribution in [3.8, 4) is 22.8 Å². The Balaban J connectivity index is 0.597. The van der Waals surface area contributed by atoms with Crippen LogP contribution in [0.1, 0.15) is 65.7 Å². The van der Waals surface area contributed by atoms with E-state index in [1.807, 2.05) is 24.7 Å². The monoisotopic (exact) mass is 781 g/mol. The molecule has 1 unspecified atom stereocenters. The van der Waals surface area contributed by atoms with Crippen LogP contribution in [0.3, 0.4) is 0 Å². The third-order valence-corrected chi connectivity index (χ3v) is 13.0. The number of hydrogen-bond acceptors (Lipinski definition) is 10. The number of nitrogens with zero attached hydrogens (tertiary/aromatic N) is 6. The van der Waals surface area contributed by atoms with Gasteiger partial charge in [-0.15, -0.1) is 0 Å². The molecule has 3 aromatic heterocycles. The summed E-state index contributed by atoms with van der Waals surface area (Å²) in [6.07, 6.45) is 11.8. The molecule has 0 radical (unpaired) electrons. The fraction of sp³-hybridized carbons (Fsp3) is 0.422. The number of fused-ring (bicyclic) bond motifs is 4. The van der Waals surface area contributed by atoms with Gasteiger partial charge in [0, 0.05) is 92.7 Å². The molecule has 1 saturated carbocycles. The van der Waals surface area contributed by atoms with Crippen molar-refractivity contribution in [3.05, 3.63) is 84.3 Å². The molecule has 13 nitrogen and oxygen atoms in total. The summed E-state index contributed by atoms with van der Waals surface area (Å²) in [6, 6.07) is 16.6. The molecule has 1 N–H and O–H groups in total. The quantitative estimate of drug-likeness (QED) is 0.125. The summed E-state index contributed by atoms with van der Waals surface area (Å²) in [6.45, 7) is 7.13. The van der Waals surface area contributed by atoms with E-state index in [-0.39, 0.29) is 30.1 Å². The first-order valence-electron chi connectivity index (χ1n) is 20.6. The Morgan fingerprint density at radius 1 is 0.828 bits per heavy atom. The fourth-order valence-electron chi connectivity index (χ4n) is 10.1. The van der Waals surface area contributed by atoms with Gasteiger partial charge in [0.2, 0.25) is 17.7 Å². The van der Waals surface area contributed by atoms with E-state index in [0.29, 0.717) is 23.7 Å². The zero-order valence-corrected chi connectivity index (χ0v) is 32.7. The molecule has 7 heterocycles. The lowest BCUT2D eigenvalue weighted by Gasteiger charge is -2.60. The lowest BCUT2D eigenvalue weighted by molar-refractivity contribution is -0.136. The van der Waals surface area contributed by atoms with Crippen molar-refractivity contribution < 1.29 is 28.7 Å². The number of carbonyl (C=O) groups excluding carboxylic acids is 4. The Kier molecular flexibility index (Phi) is 9.24. The number of piperidine rings is 1. The van der Waals surface area contributed by atoms with Gasteiger partial charge in [0.15, 0.2) is 0 Å². The van der Waals surface area contributed by atoms with Crippen LogP contribution >= 0.6 is 0 Å². The van der Waals surface area contributed by atoms with Crippen LogP contribution in [0.2, 0.25) is 0 Å². The van der Waals surface area contributed by atoms with Gasteiger partial charge in [0.25, 0.3) is 11.8 Å². The Hall–Kier alpha value is -5.66. The molecule has 10 rings (SSSR count). The van der Waals surface area contributed by atoms with Crippen molar-refractivity contribution in [1.29, 1.82) is 0 Å². The summed E-state index contributed by atoms with van der Waals surface area (Å²) < 4.78 is 14.4. The molecule has 5 aliphatic rings. The van der Waals surface area contributed by atoms with Crippen LogP contribution in [0.25, 0.3) is 32.9 Å². The van der Waals surface area contributed by atoms with E-state index in [1.165, 1.54) is 47.7 Å². The largest absolute Gasteiger partial charge is 0.494 e. The first-order valence-corrected chi connectivity index (χ1v) is 20.6. The molecule has 4 aliphatic heterocycles. The van der Waals surface area contributed by atoms with E-state index in [4.69, 9.17) is 9.47 Å². The lowest BCUT2D eigenvalue weighted by Crippen LogP contribution is -2.64. The number of likely N-dealkylation sites (tertiary alicyclic amines) is 2. The van der Waals surface area contributed by atoms with Gasteiger partial charge < -0.3 is 18.9 Å². The summed E-state index contributed by atoms with van der Waals surface area (Å²) in [5.74, 6) is -0.0406. The topological polar surface area (TPSA) is 139 Å². The van der Waals surface area contributed by atoms with Crippen molar-refractivity contribution in [1.82, 2.24) is 34.6 Å². The Morgan fingerprint density at radius 3 is 2.47 bits per heavy atom. The highest BCUT2D eigenvalue weighted by Crippen LogP contribution is 2.52. The second-order valence-corrected chi connectivity index (χ2v) is 17.1. The van der Waals surface area contributed by atoms with Gasteiger partial charge in [-0.25, -0.2) is 4.98 Å².